The SMILES string of the molecule is CN1CCOc2ccccc2C1=S. The molecule has 0 unspecified atom stereocenters. The molecule has 0 saturated carbocycles. The quantitative estimate of drug-likeness (QED) is 0.582. The summed E-state index contributed by atoms with van der Waals surface area (Å²) in [6.45, 7) is 1.56. The Kier molecular flexibility index (Phi) is 2.19. The molecule has 1 aliphatic heterocycles. The third-order valence-electron chi connectivity index (χ3n) is 2.15. The Morgan fingerprint density at radius 2 is 2.15 bits per heavy atom. The van der Waals surface area contributed by atoms with Crippen LogP contribution in [0.4, 0.5) is 0 Å². The summed E-state index contributed by atoms with van der Waals surface area (Å²) in [5.41, 5.74) is 1.03. The lowest BCUT2D eigenvalue weighted by Crippen LogP contribution is -2.26. The highest BCUT2D eigenvalue weighted by molar-refractivity contribution is 7.80. The number of hydrogen-bond donors (Lipinski definition) is 0. The Morgan fingerprint density at radius 3 is 3.00 bits per heavy atom. The van der Waals surface area contributed by atoms with E-state index in [-0.39, 0.29) is 0 Å². The largest absolute Gasteiger partial charge is 0.491 e. The number of benzene rings is 1. The van der Waals surface area contributed by atoms with Crippen molar-refractivity contribution in [3.63, 3.8) is 0 Å². The smallest absolute Gasteiger partial charge is 0.129 e. The molecule has 0 saturated heterocycles. The number of rotatable bonds is 0. The maximum atomic E-state index is 5.56. The van der Waals surface area contributed by atoms with Crippen LogP contribution in [0.5, 0.6) is 5.75 Å². The number of thiocarbonyl (C=S) groups is 1. The molecule has 0 spiro atoms. The first-order chi connectivity index (χ1) is 6.29. The summed E-state index contributed by atoms with van der Waals surface area (Å²) < 4.78 is 5.56. The predicted molar refractivity (Wildman–Crippen MR) is 56.3 cm³/mol. The van der Waals surface area contributed by atoms with Crippen molar-refractivity contribution < 1.29 is 4.74 Å². The van der Waals surface area contributed by atoms with Crippen LogP contribution in [-0.4, -0.2) is 30.1 Å². The van der Waals surface area contributed by atoms with Crippen molar-refractivity contribution in [1.82, 2.24) is 4.90 Å². The Labute approximate surface area is 83.1 Å². The lowest BCUT2D eigenvalue weighted by atomic mass is 10.2. The molecule has 68 valence electrons. The first kappa shape index (κ1) is 8.51. The minimum Gasteiger partial charge on any atom is -0.491 e. The fraction of sp³-hybridized carbons (Fsp3) is 0.300. The van der Waals surface area contributed by atoms with E-state index < -0.39 is 0 Å². The summed E-state index contributed by atoms with van der Waals surface area (Å²) in [7, 11) is 1.99. The molecule has 2 rings (SSSR count). The topological polar surface area (TPSA) is 12.5 Å². The Morgan fingerprint density at radius 1 is 1.38 bits per heavy atom. The molecule has 1 aromatic rings. The molecular weight excluding hydrogens is 182 g/mol. The van der Waals surface area contributed by atoms with E-state index >= 15 is 0 Å². The summed E-state index contributed by atoms with van der Waals surface area (Å²) in [4.78, 5) is 2.91. The molecule has 0 atom stereocenters. The van der Waals surface area contributed by atoms with Crippen LogP contribution in [0.15, 0.2) is 24.3 Å². The number of para-hydroxylation sites is 1. The monoisotopic (exact) mass is 193 g/mol. The second-order valence-electron chi connectivity index (χ2n) is 3.07. The van der Waals surface area contributed by atoms with Gasteiger partial charge in [-0.05, 0) is 12.1 Å². The van der Waals surface area contributed by atoms with E-state index in [4.69, 9.17) is 17.0 Å². The molecule has 0 aromatic heterocycles. The molecule has 3 heteroatoms. The average molecular weight is 193 g/mol. The molecule has 1 aromatic carbocycles. The van der Waals surface area contributed by atoms with E-state index in [2.05, 4.69) is 0 Å². The van der Waals surface area contributed by atoms with Crippen LogP contribution >= 0.6 is 12.2 Å². The van der Waals surface area contributed by atoms with Gasteiger partial charge in [0.25, 0.3) is 0 Å². The van der Waals surface area contributed by atoms with Crippen molar-refractivity contribution >= 4 is 17.2 Å². The van der Waals surface area contributed by atoms with Crippen molar-refractivity contribution in [3.8, 4) is 5.75 Å². The van der Waals surface area contributed by atoms with Gasteiger partial charge >= 0.3 is 0 Å². The van der Waals surface area contributed by atoms with Crippen LogP contribution in [0.3, 0.4) is 0 Å². The molecule has 0 radical (unpaired) electrons. The zero-order chi connectivity index (χ0) is 9.26. The van der Waals surface area contributed by atoms with Gasteiger partial charge in [0.05, 0.1) is 12.1 Å². The number of fused-ring (bicyclic) bond motifs is 1. The highest BCUT2D eigenvalue weighted by Crippen LogP contribution is 2.22. The van der Waals surface area contributed by atoms with Gasteiger partial charge in [0.1, 0.15) is 17.3 Å². The van der Waals surface area contributed by atoms with Crippen LogP contribution in [0.2, 0.25) is 0 Å². The molecule has 0 bridgehead atoms. The summed E-state index contributed by atoms with van der Waals surface area (Å²) >= 11 is 5.32. The first-order valence-corrected chi connectivity index (χ1v) is 4.67. The zero-order valence-electron chi connectivity index (χ0n) is 7.49. The van der Waals surface area contributed by atoms with Crippen LogP contribution in [0, 0.1) is 0 Å². The van der Waals surface area contributed by atoms with Crippen LogP contribution in [-0.2, 0) is 0 Å². The standard InChI is InChI=1S/C10H11NOS/c1-11-6-7-12-9-5-3-2-4-8(9)10(11)13/h2-5H,6-7H2,1H3. The van der Waals surface area contributed by atoms with Crippen molar-refractivity contribution in [3.05, 3.63) is 29.8 Å². The zero-order valence-corrected chi connectivity index (χ0v) is 8.30. The Hall–Kier alpha value is -1.09. The van der Waals surface area contributed by atoms with Crippen molar-refractivity contribution in [2.24, 2.45) is 0 Å². The Bertz CT molecular complexity index is 337. The third kappa shape index (κ3) is 1.52. The van der Waals surface area contributed by atoms with E-state index in [1.807, 2.05) is 36.2 Å². The van der Waals surface area contributed by atoms with E-state index in [1.165, 1.54) is 0 Å². The molecule has 13 heavy (non-hydrogen) atoms. The van der Waals surface area contributed by atoms with Gasteiger partial charge in [-0.1, -0.05) is 24.4 Å². The van der Waals surface area contributed by atoms with E-state index in [1.54, 1.807) is 0 Å². The van der Waals surface area contributed by atoms with Crippen LogP contribution in [0.1, 0.15) is 5.56 Å². The van der Waals surface area contributed by atoms with Crippen molar-refractivity contribution in [2.75, 3.05) is 20.2 Å². The van der Waals surface area contributed by atoms with Crippen molar-refractivity contribution in [2.45, 2.75) is 0 Å². The fourth-order valence-corrected chi connectivity index (χ4v) is 1.63. The lowest BCUT2D eigenvalue weighted by Gasteiger charge is -2.15. The van der Waals surface area contributed by atoms with Gasteiger partial charge in [-0.2, -0.15) is 0 Å². The van der Waals surface area contributed by atoms with Crippen LogP contribution < -0.4 is 4.74 Å². The maximum Gasteiger partial charge on any atom is 0.129 e. The first-order valence-electron chi connectivity index (χ1n) is 4.26. The maximum absolute atomic E-state index is 5.56. The van der Waals surface area contributed by atoms with Gasteiger partial charge in [-0.25, -0.2) is 0 Å². The number of likely N-dealkylation sites (N-methyl/N-ethyl adjacent to an activating group) is 1. The van der Waals surface area contributed by atoms with Gasteiger partial charge in [0, 0.05) is 7.05 Å². The highest BCUT2D eigenvalue weighted by Gasteiger charge is 2.15. The third-order valence-corrected chi connectivity index (χ3v) is 2.68. The summed E-state index contributed by atoms with van der Waals surface area (Å²) in [5.74, 6) is 0.900. The van der Waals surface area contributed by atoms with Gasteiger partial charge in [-0.15, -0.1) is 0 Å². The fourth-order valence-electron chi connectivity index (χ4n) is 1.37. The summed E-state index contributed by atoms with van der Waals surface area (Å²) in [6, 6.07) is 7.90. The molecule has 2 nitrogen and oxygen atoms in total. The van der Waals surface area contributed by atoms with Crippen molar-refractivity contribution in [1.29, 1.82) is 0 Å². The van der Waals surface area contributed by atoms with Gasteiger partial charge < -0.3 is 9.64 Å². The number of ether oxygens (including phenoxy) is 1. The highest BCUT2D eigenvalue weighted by atomic mass is 32.1. The summed E-state index contributed by atoms with van der Waals surface area (Å²) in [6.07, 6.45) is 0. The van der Waals surface area contributed by atoms with Gasteiger partial charge in [0.2, 0.25) is 0 Å². The van der Waals surface area contributed by atoms with E-state index in [0.29, 0.717) is 6.61 Å². The predicted octanol–water partition coefficient (Wildman–Crippen LogP) is 1.69. The minimum atomic E-state index is 0.702. The normalized spacial score (nSPS) is 16.1. The molecular formula is C10H11NOS. The molecule has 0 aliphatic carbocycles. The van der Waals surface area contributed by atoms with Crippen LogP contribution in [0.25, 0.3) is 0 Å². The lowest BCUT2D eigenvalue weighted by molar-refractivity contribution is 0.295. The Balaban J connectivity index is 2.46. The van der Waals surface area contributed by atoms with Gasteiger partial charge in [-0.3, -0.25) is 0 Å². The van der Waals surface area contributed by atoms with E-state index in [9.17, 15) is 0 Å². The minimum absolute atomic E-state index is 0.702. The second kappa shape index (κ2) is 3.34. The average Bonchev–Trinajstić information content (AvgIpc) is 2.29. The molecule has 0 N–H and O–H groups in total. The number of nitrogens with zero attached hydrogens (tertiary/aromatic N) is 1. The van der Waals surface area contributed by atoms with E-state index in [0.717, 1.165) is 22.8 Å². The molecule has 0 amide bonds. The number of hydrogen-bond acceptors (Lipinski definition) is 2. The molecule has 1 aliphatic rings. The van der Waals surface area contributed by atoms with Gasteiger partial charge in [0.15, 0.2) is 0 Å². The molecule has 0 fully saturated rings. The summed E-state index contributed by atoms with van der Waals surface area (Å²) in [5, 5.41) is 0. The second-order valence-corrected chi connectivity index (χ2v) is 3.46. The molecule has 1 heterocycles.